The van der Waals surface area contributed by atoms with Crippen LogP contribution in [0.25, 0.3) is 0 Å². The molecule has 0 radical (unpaired) electrons. The number of carbonyl (C=O) groups is 1. The highest BCUT2D eigenvalue weighted by molar-refractivity contribution is 8.00. The van der Waals surface area contributed by atoms with Crippen LogP contribution in [0.1, 0.15) is 29.6 Å². The lowest BCUT2D eigenvalue weighted by molar-refractivity contribution is -0.0562. The molecular weight excluding hydrogens is 292 g/mol. The van der Waals surface area contributed by atoms with Crippen molar-refractivity contribution in [1.29, 1.82) is 0 Å². The quantitative estimate of drug-likeness (QED) is 0.925. The molecule has 20 heavy (non-hydrogen) atoms. The van der Waals surface area contributed by atoms with Gasteiger partial charge >= 0.3 is 5.97 Å². The summed E-state index contributed by atoms with van der Waals surface area (Å²) in [6.07, 6.45) is 3.29. The summed E-state index contributed by atoms with van der Waals surface area (Å²) in [6.45, 7) is 0.830. The lowest BCUT2D eigenvalue weighted by Gasteiger charge is -2.37. The zero-order valence-electron chi connectivity index (χ0n) is 11.2. The maximum Gasteiger partial charge on any atom is 0.335 e. The van der Waals surface area contributed by atoms with E-state index in [-0.39, 0.29) is 5.60 Å². The van der Waals surface area contributed by atoms with Crippen molar-refractivity contribution in [2.24, 2.45) is 0 Å². The molecule has 1 N–H and O–H groups in total. The standard InChI is InChI=1S/C15H18O3S2/c16-14(17)11-2-1-3-12(8-11)20-13-4-6-18-15(9-13)5-7-19-10-15/h1-3,8,13H,4-7,9-10H2,(H,16,17). The second-order valence-corrected chi connectivity index (χ2v) is 7.88. The number of hydrogen-bond acceptors (Lipinski definition) is 4. The molecule has 0 bridgehead atoms. The van der Waals surface area contributed by atoms with Crippen LogP contribution in [-0.2, 0) is 4.74 Å². The molecule has 2 aliphatic rings. The molecule has 1 spiro atoms. The van der Waals surface area contributed by atoms with Crippen molar-refractivity contribution in [3.8, 4) is 0 Å². The maximum absolute atomic E-state index is 11.0. The number of hydrogen-bond donors (Lipinski definition) is 1. The first-order valence-electron chi connectivity index (χ1n) is 6.89. The van der Waals surface area contributed by atoms with Crippen LogP contribution in [0, 0.1) is 0 Å². The zero-order chi connectivity index (χ0) is 14.0. The molecule has 2 fully saturated rings. The molecule has 2 saturated heterocycles. The van der Waals surface area contributed by atoms with Crippen LogP contribution in [-0.4, -0.2) is 40.0 Å². The van der Waals surface area contributed by atoms with Gasteiger partial charge in [0, 0.05) is 22.5 Å². The highest BCUT2D eigenvalue weighted by Crippen LogP contribution is 2.43. The van der Waals surface area contributed by atoms with Crippen LogP contribution < -0.4 is 0 Å². The number of carboxylic acids is 1. The van der Waals surface area contributed by atoms with Crippen LogP contribution in [0.4, 0.5) is 0 Å². The molecule has 0 aromatic heterocycles. The van der Waals surface area contributed by atoms with Crippen molar-refractivity contribution in [2.45, 2.75) is 35.0 Å². The predicted octanol–water partition coefficient (Wildman–Crippen LogP) is 3.53. The molecule has 1 aromatic carbocycles. The summed E-state index contributed by atoms with van der Waals surface area (Å²) < 4.78 is 6.03. The number of thioether (sulfide) groups is 2. The van der Waals surface area contributed by atoms with E-state index in [2.05, 4.69) is 0 Å². The third kappa shape index (κ3) is 3.15. The third-order valence-corrected chi connectivity index (χ3v) is 6.38. The maximum atomic E-state index is 11.0. The molecule has 3 nitrogen and oxygen atoms in total. The number of carboxylic acid groups (broad SMARTS) is 1. The second-order valence-electron chi connectivity index (χ2n) is 5.40. The van der Waals surface area contributed by atoms with E-state index in [9.17, 15) is 4.79 Å². The van der Waals surface area contributed by atoms with Gasteiger partial charge in [0.1, 0.15) is 0 Å². The topological polar surface area (TPSA) is 46.5 Å². The number of aromatic carboxylic acids is 1. The van der Waals surface area contributed by atoms with E-state index in [4.69, 9.17) is 9.84 Å². The summed E-state index contributed by atoms with van der Waals surface area (Å²) in [7, 11) is 0. The van der Waals surface area contributed by atoms with Gasteiger partial charge in [-0.05, 0) is 43.2 Å². The van der Waals surface area contributed by atoms with Gasteiger partial charge in [-0.2, -0.15) is 11.8 Å². The fraction of sp³-hybridized carbons (Fsp3) is 0.533. The van der Waals surface area contributed by atoms with Crippen molar-refractivity contribution in [1.82, 2.24) is 0 Å². The van der Waals surface area contributed by atoms with Crippen LogP contribution in [0.15, 0.2) is 29.2 Å². The monoisotopic (exact) mass is 310 g/mol. The Kier molecular flexibility index (Phi) is 4.29. The van der Waals surface area contributed by atoms with Gasteiger partial charge in [-0.3, -0.25) is 0 Å². The summed E-state index contributed by atoms with van der Waals surface area (Å²) in [5.74, 6) is 1.45. The van der Waals surface area contributed by atoms with Crippen molar-refractivity contribution < 1.29 is 14.6 Å². The van der Waals surface area contributed by atoms with E-state index >= 15 is 0 Å². The average molecular weight is 310 g/mol. The van der Waals surface area contributed by atoms with Gasteiger partial charge in [-0.25, -0.2) is 4.79 Å². The van der Waals surface area contributed by atoms with Crippen LogP contribution in [0.5, 0.6) is 0 Å². The molecule has 2 aliphatic heterocycles. The van der Waals surface area contributed by atoms with E-state index in [0.717, 1.165) is 36.5 Å². The molecule has 2 unspecified atom stereocenters. The summed E-state index contributed by atoms with van der Waals surface area (Å²) >= 11 is 3.79. The number of rotatable bonds is 3. The zero-order valence-corrected chi connectivity index (χ0v) is 12.8. The van der Waals surface area contributed by atoms with Gasteiger partial charge < -0.3 is 9.84 Å². The van der Waals surface area contributed by atoms with E-state index < -0.39 is 5.97 Å². The summed E-state index contributed by atoms with van der Waals surface area (Å²) in [4.78, 5) is 12.1. The van der Waals surface area contributed by atoms with Crippen LogP contribution in [0.3, 0.4) is 0 Å². The number of ether oxygens (including phenoxy) is 1. The molecule has 1 aromatic rings. The van der Waals surface area contributed by atoms with Gasteiger partial charge in [0.2, 0.25) is 0 Å². The molecule has 3 rings (SSSR count). The first-order valence-corrected chi connectivity index (χ1v) is 8.92. The average Bonchev–Trinajstić information content (AvgIpc) is 2.87. The lowest BCUT2D eigenvalue weighted by Crippen LogP contribution is -2.40. The van der Waals surface area contributed by atoms with Crippen molar-refractivity contribution in [2.75, 3.05) is 18.1 Å². The molecule has 2 atom stereocenters. The van der Waals surface area contributed by atoms with Gasteiger partial charge in [-0.15, -0.1) is 11.8 Å². The molecule has 5 heteroatoms. The normalized spacial score (nSPS) is 29.7. The molecule has 0 amide bonds. The minimum atomic E-state index is -0.858. The Hall–Kier alpha value is -0.650. The minimum Gasteiger partial charge on any atom is -0.478 e. The Morgan fingerprint density at radius 2 is 2.40 bits per heavy atom. The third-order valence-electron chi connectivity index (χ3n) is 3.90. The van der Waals surface area contributed by atoms with Crippen molar-refractivity contribution in [3.63, 3.8) is 0 Å². The van der Waals surface area contributed by atoms with E-state index in [1.54, 1.807) is 23.9 Å². The molecular formula is C15H18O3S2. The molecule has 0 saturated carbocycles. The van der Waals surface area contributed by atoms with Gasteiger partial charge in [0.25, 0.3) is 0 Å². The van der Waals surface area contributed by atoms with Crippen molar-refractivity contribution in [3.05, 3.63) is 29.8 Å². The van der Waals surface area contributed by atoms with Gasteiger partial charge in [-0.1, -0.05) is 6.07 Å². The SMILES string of the molecule is O=C(O)c1cccc(SC2CCOC3(CCSC3)C2)c1. The van der Waals surface area contributed by atoms with E-state index in [1.807, 2.05) is 23.9 Å². The van der Waals surface area contributed by atoms with Gasteiger partial charge in [0.15, 0.2) is 0 Å². The largest absolute Gasteiger partial charge is 0.478 e. The van der Waals surface area contributed by atoms with Crippen LogP contribution >= 0.6 is 23.5 Å². The van der Waals surface area contributed by atoms with Gasteiger partial charge in [0.05, 0.1) is 11.2 Å². The van der Waals surface area contributed by atoms with E-state index in [1.165, 1.54) is 5.75 Å². The predicted molar refractivity (Wildman–Crippen MR) is 82.9 cm³/mol. The fourth-order valence-electron chi connectivity index (χ4n) is 2.84. The van der Waals surface area contributed by atoms with E-state index in [0.29, 0.717) is 10.8 Å². The highest BCUT2D eigenvalue weighted by Gasteiger charge is 2.40. The Morgan fingerprint density at radius 1 is 1.50 bits per heavy atom. The Bertz CT molecular complexity index is 498. The summed E-state index contributed by atoms with van der Waals surface area (Å²) in [5, 5.41) is 9.58. The molecule has 108 valence electrons. The molecule has 2 heterocycles. The molecule has 0 aliphatic carbocycles. The minimum absolute atomic E-state index is 0.0883. The Balaban J connectivity index is 1.68. The van der Waals surface area contributed by atoms with Crippen molar-refractivity contribution >= 4 is 29.5 Å². The Labute approximate surface area is 127 Å². The lowest BCUT2D eigenvalue weighted by atomic mass is 9.93. The summed E-state index contributed by atoms with van der Waals surface area (Å²) in [6, 6.07) is 7.25. The smallest absolute Gasteiger partial charge is 0.335 e. The summed E-state index contributed by atoms with van der Waals surface area (Å²) in [5.41, 5.74) is 0.457. The Morgan fingerprint density at radius 3 is 3.15 bits per heavy atom. The first-order chi connectivity index (χ1) is 9.67. The second kappa shape index (κ2) is 6.00. The highest BCUT2D eigenvalue weighted by atomic mass is 32.2. The van der Waals surface area contributed by atoms with Crippen LogP contribution in [0.2, 0.25) is 0 Å². The first kappa shape index (κ1) is 14.3. The number of benzene rings is 1. The fourth-order valence-corrected chi connectivity index (χ4v) is 5.56.